The molecular weight excluding hydrogens is 240 g/mol. The lowest BCUT2D eigenvalue weighted by Crippen LogP contribution is -2.43. The van der Waals surface area contributed by atoms with Crippen LogP contribution in [0.25, 0.3) is 0 Å². The van der Waals surface area contributed by atoms with Crippen LogP contribution >= 0.6 is 0 Å². The Labute approximate surface area is 102 Å². The molecule has 1 atom stereocenters. The molecule has 0 saturated carbocycles. The fourth-order valence-corrected chi connectivity index (χ4v) is 2.06. The molecule has 0 amide bonds. The molecule has 1 rings (SSSR count). The van der Waals surface area contributed by atoms with Gasteiger partial charge in [0.15, 0.2) is 9.84 Å². The summed E-state index contributed by atoms with van der Waals surface area (Å²) in [6.07, 6.45) is 3.62. The van der Waals surface area contributed by atoms with Crippen molar-refractivity contribution in [3.8, 4) is 0 Å². The molecular formula is C10H20N4O2S. The predicted molar refractivity (Wildman–Crippen MR) is 66.2 cm³/mol. The van der Waals surface area contributed by atoms with Gasteiger partial charge in [0.25, 0.3) is 0 Å². The first-order valence-electron chi connectivity index (χ1n) is 5.55. The van der Waals surface area contributed by atoms with E-state index in [1.54, 1.807) is 18.5 Å². The van der Waals surface area contributed by atoms with Crippen LogP contribution in [-0.4, -0.2) is 34.4 Å². The molecule has 1 aromatic heterocycles. The molecule has 0 bridgehead atoms. The predicted octanol–water partition coefficient (Wildman–Crippen LogP) is 0.511. The summed E-state index contributed by atoms with van der Waals surface area (Å²) in [5, 5.41) is 7.71. The zero-order valence-corrected chi connectivity index (χ0v) is 11.5. The fraction of sp³-hybridized carbons (Fsp3) is 0.800. The highest BCUT2D eigenvalue weighted by Crippen LogP contribution is 2.29. The molecule has 6 nitrogen and oxygen atoms in total. The van der Waals surface area contributed by atoms with E-state index >= 15 is 0 Å². The maximum absolute atomic E-state index is 11.7. The average molecular weight is 260 g/mol. The number of nitrogens with two attached hydrogens (primary N) is 1. The van der Waals surface area contributed by atoms with Crippen molar-refractivity contribution in [1.82, 2.24) is 15.0 Å². The first kappa shape index (κ1) is 14.1. The standard InChI is InChI=1S/C10H20N4O2S/c1-5-6-14-8(7-12-13-14)9(11)10(2,3)17(4,15)16/h7,9H,5-6,11H2,1-4H3. The monoisotopic (exact) mass is 260 g/mol. The van der Waals surface area contributed by atoms with Gasteiger partial charge in [0.1, 0.15) is 0 Å². The highest BCUT2D eigenvalue weighted by molar-refractivity contribution is 7.92. The molecule has 0 aromatic carbocycles. The molecule has 0 fully saturated rings. The van der Waals surface area contributed by atoms with Gasteiger partial charge in [-0.1, -0.05) is 12.1 Å². The van der Waals surface area contributed by atoms with Crippen molar-refractivity contribution in [3.63, 3.8) is 0 Å². The summed E-state index contributed by atoms with van der Waals surface area (Å²) in [6, 6.07) is -0.640. The maximum atomic E-state index is 11.7. The van der Waals surface area contributed by atoms with Gasteiger partial charge >= 0.3 is 0 Å². The van der Waals surface area contributed by atoms with Gasteiger partial charge in [0.2, 0.25) is 0 Å². The number of aromatic nitrogens is 3. The van der Waals surface area contributed by atoms with Crippen LogP contribution in [0.4, 0.5) is 0 Å². The van der Waals surface area contributed by atoms with Crippen LogP contribution in [-0.2, 0) is 16.4 Å². The van der Waals surface area contributed by atoms with E-state index in [1.165, 1.54) is 12.5 Å². The Morgan fingerprint density at radius 2 is 2.12 bits per heavy atom. The molecule has 0 spiro atoms. The Hall–Kier alpha value is -0.950. The Morgan fingerprint density at radius 3 is 2.59 bits per heavy atom. The van der Waals surface area contributed by atoms with Crippen molar-refractivity contribution >= 4 is 9.84 Å². The number of aryl methyl sites for hydroxylation is 1. The summed E-state index contributed by atoms with van der Waals surface area (Å²) in [4.78, 5) is 0. The van der Waals surface area contributed by atoms with E-state index in [9.17, 15) is 8.42 Å². The van der Waals surface area contributed by atoms with E-state index < -0.39 is 20.6 Å². The Kier molecular flexibility index (Phi) is 3.93. The molecule has 98 valence electrons. The van der Waals surface area contributed by atoms with E-state index in [-0.39, 0.29) is 0 Å². The first-order chi connectivity index (χ1) is 7.71. The van der Waals surface area contributed by atoms with Crippen molar-refractivity contribution in [1.29, 1.82) is 0 Å². The second kappa shape index (κ2) is 4.73. The summed E-state index contributed by atoms with van der Waals surface area (Å²) in [5.74, 6) is 0. The second-order valence-electron chi connectivity index (χ2n) is 4.74. The first-order valence-corrected chi connectivity index (χ1v) is 7.44. The van der Waals surface area contributed by atoms with Crippen LogP contribution in [0.1, 0.15) is 38.9 Å². The molecule has 2 N–H and O–H groups in total. The smallest absolute Gasteiger partial charge is 0.154 e. The minimum atomic E-state index is -3.25. The van der Waals surface area contributed by atoms with Crippen LogP contribution < -0.4 is 5.73 Å². The lowest BCUT2D eigenvalue weighted by molar-refractivity contribution is 0.456. The average Bonchev–Trinajstić information content (AvgIpc) is 2.63. The normalized spacial score (nSPS) is 14.9. The van der Waals surface area contributed by atoms with Crippen LogP contribution in [0.15, 0.2) is 6.20 Å². The van der Waals surface area contributed by atoms with Gasteiger partial charge in [-0.05, 0) is 20.3 Å². The Balaban J connectivity index is 3.12. The number of rotatable bonds is 5. The van der Waals surface area contributed by atoms with E-state index in [2.05, 4.69) is 10.3 Å². The summed E-state index contributed by atoms with van der Waals surface area (Å²) in [7, 11) is -3.25. The highest BCUT2D eigenvalue weighted by atomic mass is 32.2. The van der Waals surface area contributed by atoms with E-state index in [0.717, 1.165) is 6.42 Å². The largest absolute Gasteiger partial charge is 0.321 e. The minimum absolute atomic E-state index is 0.640. The SMILES string of the molecule is CCCn1nncc1C(N)C(C)(C)S(C)(=O)=O. The van der Waals surface area contributed by atoms with Gasteiger partial charge in [-0.15, -0.1) is 5.10 Å². The third kappa shape index (κ3) is 2.66. The maximum Gasteiger partial charge on any atom is 0.154 e. The third-order valence-electron chi connectivity index (χ3n) is 3.11. The van der Waals surface area contributed by atoms with Crippen LogP contribution in [0.2, 0.25) is 0 Å². The van der Waals surface area contributed by atoms with Gasteiger partial charge < -0.3 is 5.73 Å². The van der Waals surface area contributed by atoms with Gasteiger partial charge in [0.05, 0.1) is 22.7 Å². The van der Waals surface area contributed by atoms with Crippen LogP contribution in [0, 0.1) is 0 Å². The van der Waals surface area contributed by atoms with E-state index in [4.69, 9.17) is 5.73 Å². The molecule has 7 heteroatoms. The molecule has 0 aliphatic rings. The molecule has 0 aliphatic heterocycles. The number of sulfone groups is 1. The molecule has 1 heterocycles. The number of hydrogen-bond donors (Lipinski definition) is 1. The Morgan fingerprint density at radius 1 is 1.53 bits per heavy atom. The lowest BCUT2D eigenvalue weighted by atomic mass is 10.0. The van der Waals surface area contributed by atoms with Crippen molar-refractivity contribution < 1.29 is 8.42 Å². The molecule has 0 radical (unpaired) electrons. The van der Waals surface area contributed by atoms with Crippen molar-refractivity contribution in [2.45, 2.75) is 44.5 Å². The van der Waals surface area contributed by atoms with Gasteiger partial charge in [0, 0.05) is 12.8 Å². The highest BCUT2D eigenvalue weighted by Gasteiger charge is 2.39. The second-order valence-corrected chi connectivity index (χ2v) is 7.33. The fourth-order valence-electron chi connectivity index (χ4n) is 1.48. The molecule has 0 saturated heterocycles. The zero-order valence-electron chi connectivity index (χ0n) is 10.7. The number of nitrogens with zero attached hydrogens (tertiary/aromatic N) is 3. The summed E-state index contributed by atoms with van der Waals surface area (Å²) >= 11 is 0. The molecule has 1 unspecified atom stereocenters. The van der Waals surface area contributed by atoms with E-state index in [0.29, 0.717) is 12.2 Å². The van der Waals surface area contributed by atoms with Crippen molar-refractivity contribution in [2.75, 3.05) is 6.26 Å². The van der Waals surface area contributed by atoms with Gasteiger partial charge in [-0.3, -0.25) is 0 Å². The molecule has 17 heavy (non-hydrogen) atoms. The zero-order chi connectivity index (χ0) is 13.3. The quantitative estimate of drug-likeness (QED) is 0.833. The van der Waals surface area contributed by atoms with Crippen molar-refractivity contribution in [3.05, 3.63) is 11.9 Å². The topological polar surface area (TPSA) is 90.9 Å². The summed E-state index contributed by atoms with van der Waals surface area (Å²) in [5.41, 5.74) is 6.71. The van der Waals surface area contributed by atoms with E-state index in [1.807, 2.05) is 6.92 Å². The van der Waals surface area contributed by atoms with Crippen LogP contribution in [0.5, 0.6) is 0 Å². The summed E-state index contributed by atoms with van der Waals surface area (Å²) < 4.78 is 24.1. The third-order valence-corrected chi connectivity index (χ3v) is 5.27. The lowest BCUT2D eigenvalue weighted by Gasteiger charge is -2.29. The molecule has 1 aromatic rings. The summed E-state index contributed by atoms with van der Waals surface area (Å²) in [6.45, 7) is 5.94. The van der Waals surface area contributed by atoms with Crippen LogP contribution in [0.3, 0.4) is 0 Å². The van der Waals surface area contributed by atoms with Gasteiger partial charge in [-0.25, -0.2) is 13.1 Å². The Bertz CT molecular complexity index is 478. The van der Waals surface area contributed by atoms with Gasteiger partial charge in [-0.2, -0.15) is 0 Å². The minimum Gasteiger partial charge on any atom is -0.321 e. The molecule has 0 aliphatic carbocycles. The van der Waals surface area contributed by atoms with Crippen molar-refractivity contribution in [2.24, 2.45) is 5.73 Å². The number of hydrogen-bond acceptors (Lipinski definition) is 5.